The Morgan fingerprint density at radius 2 is 1.97 bits per heavy atom. The molecule has 6 nitrogen and oxygen atoms in total. The molecule has 1 saturated heterocycles. The van der Waals surface area contributed by atoms with Gasteiger partial charge >= 0.3 is 0 Å². The van der Waals surface area contributed by atoms with E-state index in [0.717, 1.165) is 27.8 Å². The van der Waals surface area contributed by atoms with Gasteiger partial charge in [-0.25, -0.2) is 0 Å². The number of fused-ring (bicyclic) bond motifs is 1. The number of carbonyl (C=O) groups excluding carboxylic acids is 1. The SMILES string of the molecule is CCOc1ccccc1N1CSC2=C(C#N)[C@@H](c3ccc(OC)cc3)CC(=O)N2C1. The normalized spacial score (nSPS) is 18.7. The second kappa shape index (κ2) is 8.72. The highest BCUT2D eigenvalue weighted by Gasteiger charge is 2.38. The molecular weight excluding hydrogens is 398 g/mol. The maximum absolute atomic E-state index is 13.1. The molecule has 2 aliphatic rings. The predicted octanol–water partition coefficient (Wildman–Crippen LogP) is 4.31. The lowest BCUT2D eigenvalue weighted by Crippen LogP contribution is -2.47. The highest BCUT2D eigenvalue weighted by molar-refractivity contribution is 8.03. The monoisotopic (exact) mass is 421 g/mol. The standard InChI is InChI=1S/C23H23N3O3S/c1-3-29-21-7-5-4-6-20(21)25-14-26-22(27)12-18(19(13-24)23(26)30-15-25)16-8-10-17(28-2)11-9-16/h4-11,18H,3,12,14-15H2,1-2H3/t18-/m1/s1. The number of hydrogen-bond donors (Lipinski definition) is 0. The fourth-order valence-electron chi connectivity index (χ4n) is 3.83. The Bertz CT molecular complexity index is 1010. The number of thioether (sulfide) groups is 1. The van der Waals surface area contributed by atoms with Gasteiger partial charge in [0.05, 0.1) is 48.6 Å². The summed E-state index contributed by atoms with van der Waals surface area (Å²) >= 11 is 1.53. The lowest BCUT2D eigenvalue weighted by atomic mass is 9.86. The molecule has 2 aromatic carbocycles. The number of anilines is 1. The Balaban J connectivity index is 1.64. The van der Waals surface area contributed by atoms with Crippen molar-refractivity contribution in [1.29, 1.82) is 5.26 Å². The summed E-state index contributed by atoms with van der Waals surface area (Å²) in [6.07, 6.45) is 0.278. The third-order valence-corrected chi connectivity index (χ3v) is 6.47. The Labute approximate surface area is 180 Å². The Morgan fingerprint density at radius 1 is 1.20 bits per heavy atom. The van der Waals surface area contributed by atoms with Crippen LogP contribution in [0.5, 0.6) is 11.5 Å². The minimum absolute atomic E-state index is 0.0240. The molecule has 0 radical (unpaired) electrons. The van der Waals surface area contributed by atoms with Crippen molar-refractivity contribution in [2.24, 2.45) is 0 Å². The molecule has 2 aromatic rings. The number of ether oxygens (including phenoxy) is 2. The molecule has 7 heteroatoms. The Hall–Kier alpha value is -3.11. The largest absolute Gasteiger partial charge is 0.497 e. The van der Waals surface area contributed by atoms with E-state index < -0.39 is 0 Å². The van der Waals surface area contributed by atoms with E-state index in [1.807, 2.05) is 55.5 Å². The van der Waals surface area contributed by atoms with Crippen LogP contribution in [0.25, 0.3) is 0 Å². The van der Waals surface area contributed by atoms with Gasteiger partial charge in [0, 0.05) is 12.3 Å². The number of carbonyl (C=O) groups is 1. The van der Waals surface area contributed by atoms with Crippen molar-refractivity contribution in [2.45, 2.75) is 19.3 Å². The molecule has 0 saturated carbocycles. The first-order valence-electron chi connectivity index (χ1n) is 9.84. The number of hydrogen-bond acceptors (Lipinski definition) is 6. The van der Waals surface area contributed by atoms with E-state index in [4.69, 9.17) is 9.47 Å². The fourth-order valence-corrected chi connectivity index (χ4v) is 4.99. The molecule has 0 spiro atoms. The molecule has 1 atom stereocenters. The van der Waals surface area contributed by atoms with Crippen LogP contribution in [0.4, 0.5) is 5.69 Å². The van der Waals surface area contributed by atoms with Gasteiger partial charge in [-0.3, -0.25) is 9.69 Å². The summed E-state index contributed by atoms with van der Waals surface area (Å²) in [5.74, 6) is 1.99. The number of methoxy groups -OCH3 is 1. The molecule has 0 aromatic heterocycles. The molecule has 0 bridgehead atoms. The van der Waals surface area contributed by atoms with Crippen LogP contribution >= 0.6 is 11.8 Å². The van der Waals surface area contributed by atoms with Crippen molar-refractivity contribution in [2.75, 3.05) is 31.2 Å². The molecule has 2 aliphatic heterocycles. The van der Waals surface area contributed by atoms with E-state index in [0.29, 0.717) is 24.7 Å². The third-order valence-electron chi connectivity index (χ3n) is 5.32. The van der Waals surface area contributed by atoms with E-state index in [1.54, 1.807) is 12.0 Å². The van der Waals surface area contributed by atoms with E-state index in [-0.39, 0.29) is 18.2 Å². The second-order valence-electron chi connectivity index (χ2n) is 7.04. The van der Waals surface area contributed by atoms with Gasteiger partial charge in [-0.2, -0.15) is 5.26 Å². The second-order valence-corrected chi connectivity index (χ2v) is 7.97. The van der Waals surface area contributed by atoms with Gasteiger partial charge in [-0.15, -0.1) is 0 Å². The molecule has 1 fully saturated rings. The lowest BCUT2D eigenvalue weighted by molar-refractivity contribution is -0.129. The van der Waals surface area contributed by atoms with Gasteiger partial charge in [0.2, 0.25) is 5.91 Å². The topological polar surface area (TPSA) is 65.8 Å². The highest BCUT2D eigenvalue weighted by Crippen LogP contribution is 2.44. The molecular formula is C23H23N3O3S. The number of rotatable bonds is 5. The van der Waals surface area contributed by atoms with Gasteiger partial charge in [-0.1, -0.05) is 36.0 Å². The summed E-state index contributed by atoms with van der Waals surface area (Å²) in [6.45, 7) is 2.94. The minimum Gasteiger partial charge on any atom is -0.497 e. The number of nitriles is 1. The van der Waals surface area contributed by atoms with E-state index in [2.05, 4.69) is 11.0 Å². The van der Waals surface area contributed by atoms with Crippen molar-refractivity contribution in [3.63, 3.8) is 0 Å². The Kier molecular flexibility index (Phi) is 5.86. The zero-order valence-corrected chi connectivity index (χ0v) is 17.8. The number of nitrogens with zero attached hydrogens (tertiary/aromatic N) is 3. The number of allylic oxidation sites excluding steroid dienone is 1. The summed E-state index contributed by atoms with van der Waals surface area (Å²) in [4.78, 5) is 16.9. The molecule has 2 heterocycles. The van der Waals surface area contributed by atoms with Gasteiger partial charge in [0.15, 0.2) is 0 Å². The van der Waals surface area contributed by atoms with Crippen LogP contribution in [0, 0.1) is 11.3 Å². The highest BCUT2D eigenvalue weighted by atomic mass is 32.2. The van der Waals surface area contributed by atoms with Crippen molar-refractivity contribution < 1.29 is 14.3 Å². The summed E-state index contributed by atoms with van der Waals surface area (Å²) in [6, 6.07) is 17.8. The van der Waals surface area contributed by atoms with Crippen molar-refractivity contribution >= 4 is 23.4 Å². The summed E-state index contributed by atoms with van der Waals surface area (Å²) in [5, 5.41) is 10.7. The molecule has 30 heavy (non-hydrogen) atoms. The average molecular weight is 422 g/mol. The smallest absolute Gasteiger partial charge is 0.229 e. The maximum atomic E-state index is 13.1. The Morgan fingerprint density at radius 3 is 2.67 bits per heavy atom. The summed E-state index contributed by atoms with van der Waals surface area (Å²) < 4.78 is 11.0. The predicted molar refractivity (Wildman–Crippen MR) is 117 cm³/mol. The quantitative estimate of drug-likeness (QED) is 0.717. The van der Waals surface area contributed by atoms with Crippen LogP contribution < -0.4 is 14.4 Å². The molecule has 0 aliphatic carbocycles. The lowest BCUT2D eigenvalue weighted by Gasteiger charge is -2.42. The first kappa shape index (κ1) is 20.2. The molecule has 154 valence electrons. The van der Waals surface area contributed by atoms with Crippen molar-refractivity contribution in [3.8, 4) is 17.6 Å². The number of benzene rings is 2. The van der Waals surface area contributed by atoms with Gasteiger partial charge in [0.1, 0.15) is 11.5 Å². The number of amides is 1. The molecule has 0 unspecified atom stereocenters. The fraction of sp³-hybridized carbons (Fsp3) is 0.304. The molecule has 0 N–H and O–H groups in total. The minimum atomic E-state index is -0.227. The van der Waals surface area contributed by atoms with Crippen LogP contribution in [0.15, 0.2) is 59.1 Å². The van der Waals surface area contributed by atoms with E-state index in [1.165, 1.54) is 11.8 Å². The zero-order chi connectivity index (χ0) is 21.1. The summed E-state index contributed by atoms with van der Waals surface area (Å²) in [5.41, 5.74) is 2.56. The summed E-state index contributed by atoms with van der Waals surface area (Å²) in [7, 11) is 1.62. The van der Waals surface area contributed by atoms with Crippen molar-refractivity contribution in [3.05, 3.63) is 64.7 Å². The van der Waals surface area contributed by atoms with E-state index in [9.17, 15) is 10.1 Å². The maximum Gasteiger partial charge on any atom is 0.229 e. The first-order chi connectivity index (χ1) is 14.7. The van der Waals surface area contributed by atoms with Crippen LogP contribution in [0.2, 0.25) is 0 Å². The van der Waals surface area contributed by atoms with Gasteiger partial charge in [0.25, 0.3) is 0 Å². The molecule has 4 rings (SSSR count). The van der Waals surface area contributed by atoms with Gasteiger partial charge in [-0.05, 0) is 36.8 Å². The molecule has 1 amide bonds. The van der Waals surface area contributed by atoms with Crippen LogP contribution in [0.3, 0.4) is 0 Å². The average Bonchev–Trinajstić information content (AvgIpc) is 2.79. The first-order valence-corrected chi connectivity index (χ1v) is 10.8. The van der Waals surface area contributed by atoms with Crippen molar-refractivity contribution in [1.82, 2.24) is 4.90 Å². The van der Waals surface area contributed by atoms with Crippen LogP contribution in [0.1, 0.15) is 24.8 Å². The van der Waals surface area contributed by atoms with Gasteiger partial charge < -0.3 is 14.4 Å². The van der Waals surface area contributed by atoms with Crippen LogP contribution in [-0.4, -0.2) is 37.1 Å². The van der Waals surface area contributed by atoms with Crippen LogP contribution in [-0.2, 0) is 4.79 Å². The van der Waals surface area contributed by atoms with E-state index >= 15 is 0 Å². The third kappa shape index (κ3) is 3.71. The number of para-hydroxylation sites is 2. The zero-order valence-electron chi connectivity index (χ0n) is 17.0.